The van der Waals surface area contributed by atoms with Crippen LogP contribution in [0.4, 0.5) is 19.8 Å². The van der Waals surface area contributed by atoms with Gasteiger partial charge in [-0.15, -0.1) is 0 Å². The fourth-order valence-corrected chi connectivity index (χ4v) is 4.02. The van der Waals surface area contributed by atoms with Crippen LogP contribution in [-0.4, -0.2) is 91.0 Å². The Hall–Kier alpha value is -4.00. The molecule has 3 amide bonds. The Kier molecular flexibility index (Phi) is 11.6. The molecule has 11 nitrogen and oxygen atoms in total. The highest BCUT2D eigenvalue weighted by atomic mass is 35.5. The first-order chi connectivity index (χ1) is 19.5. The lowest BCUT2D eigenvalue weighted by molar-refractivity contribution is -0.147. The van der Waals surface area contributed by atoms with Gasteiger partial charge in [0.1, 0.15) is 24.8 Å². The van der Waals surface area contributed by atoms with E-state index in [9.17, 15) is 23.9 Å². The van der Waals surface area contributed by atoms with Gasteiger partial charge in [0.25, 0.3) is 0 Å². The Morgan fingerprint density at radius 2 is 1.78 bits per heavy atom. The zero-order valence-corrected chi connectivity index (χ0v) is 23.7. The maximum atomic E-state index is 13.8. The van der Waals surface area contributed by atoms with E-state index in [-0.39, 0.29) is 43.6 Å². The molecule has 220 valence electrons. The molecule has 1 heterocycles. The average molecular weight is 590 g/mol. The van der Waals surface area contributed by atoms with Gasteiger partial charge in [0.05, 0.1) is 23.7 Å². The second-order valence-corrected chi connectivity index (χ2v) is 9.96. The topological polar surface area (TPSA) is 133 Å². The number of carbonyl (C=O) groups excluding carboxylic acids is 3. The number of ether oxygens (including phenoxy) is 2. The first kappa shape index (κ1) is 31.5. The number of nitrogens with one attached hydrogen (secondary N) is 2. The van der Waals surface area contributed by atoms with Gasteiger partial charge in [-0.25, -0.2) is 19.0 Å². The quantitative estimate of drug-likeness (QED) is 0.273. The minimum atomic E-state index is -1.16. The van der Waals surface area contributed by atoms with Crippen molar-refractivity contribution >= 4 is 46.3 Å². The van der Waals surface area contributed by atoms with Gasteiger partial charge in [-0.1, -0.05) is 48.0 Å². The van der Waals surface area contributed by atoms with Gasteiger partial charge >= 0.3 is 18.1 Å². The lowest BCUT2D eigenvalue weighted by atomic mass is 10.1. The normalized spacial score (nSPS) is 12.5. The molecule has 0 saturated carbocycles. The Bertz CT molecular complexity index is 1360. The number of esters is 1. The molecule has 1 unspecified atom stereocenters. The summed E-state index contributed by atoms with van der Waals surface area (Å²) in [6.45, 7) is -0.642. The Morgan fingerprint density at radius 1 is 1.05 bits per heavy atom. The highest BCUT2D eigenvalue weighted by molar-refractivity contribution is 6.31. The number of anilines is 1. The summed E-state index contributed by atoms with van der Waals surface area (Å²) in [6, 6.07) is 12.0. The van der Waals surface area contributed by atoms with Gasteiger partial charge in [-0.3, -0.25) is 15.0 Å². The third-order valence-corrected chi connectivity index (χ3v) is 6.45. The summed E-state index contributed by atoms with van der Waals surface area (Å²) < 4.78 is 24.2. The monoisotopic (exact) mass is 589 g/mol. The molecule has 0 spiro atoms. The highest BCUT2D eigenvalue weighted by Gasteiger charge is 2.26. The van der Waals surface area contributed by atoms with Crippen LogP contribution in [0.15, 0.2) is 54.7 Å². The summed E-state index contributed by atoms with van der Waals surface area (Å²) in [4.78, 5) is 44.4. The Morgan fingerprint density at radius 3 is 2.51 bits per heavy atom. The van der Waals surface area contributed by atoms with E-state index in [4.69, 9.17) is 21.1 Å². The molecule has 0 aliphatic rings. The second kappa shape index (κ2) is 15.1. The molecular weight excluding hydrogens is 557 g/mol. The summed E-state index contributed by atoms with van der Waals surface area (Å²) in [7, 11) is 4.85. The van der Waals surface area contributed by atoms with Gasteiger partial charge in [0.2, 0.25) is 0 Å². The molecule has 3 aromatic rings. The zero-order valence-electron chi connectivity index (χ0n) is 23.0. The molecule has 0 aliphatic heterocycles. The van der Waals surface area contributed by atoms with E-state index in [1.54, 1.807) is 37.3 Å². The molecule has 3 rings (SSSR count). The van der Waals surface area contributed by atoms with Crippen molar-refractivity contribution in [2.24, 2.45) is 0 Å². The van der Waals surface area contributed by atoms with E-state index in [2.05, 4.69) is 15.6 Å². The lowest BCUT2D eigenvalue weighted by Gasteiger charge is -2.29. The fourth-order valence-electron chi connectivity index (χ4n) is 3.82. The van der Waals surface area contributed by atoms with Crippen molar-refractivity contribution < 1.29 is 33.4 Å². The summed E-state index contributed by atoms with van der Waals surface area (Å²) in [5, 5.41) is 17.4. The number of hydrogen-bond acceptors (Lipinski definition) is 8. The van der Waals surface area contributed by atoms with Gasteiger partial charge in [0.15, 0.2) is 0 Å². The van der Waals surface area contributed by atoms with E-state index in [1.807, 2.05) is 24.3 Å². The fraction of sp³-hybridized carbons (Fsp3) is 0.357. The first-order valence-corrected chi connectivity index (χ1v) is 13.1. The predicted octanol–water partition coefficient (Wildman–Crippen LogP) is 3.64. The van der Waals surface area contributed by atoms with Crippen LogP contribution in [0.25, 0.3) is 10.8 Å². The van der Waals surface area contributed by atoms with Gasteiger partial charge in [0, 0.05) is 31.6 Å². The van der Waals surface area contributed by atoms with E-state index >= 15 is 0 Å². The lowest BCUT2D eigenvalue weighted by Crippen LogP contribution is -2.47. The smallest absolute Gasteiger partial charge is 0.412 e. The van der Waals surface area contributed by atoms with E-state index in [1.165, 1.54) is 24.1 Å². The molecule has 13 heteroatoms. The van der Waals surface area contributed by atoms with Crippen LogP contribution in [0.3, 0.4) is 0 Å². The highest BCUT2D eigenvalue weighted by Crippen LogP contribution is 2.20. The molecule has 2 atom stereocenters. The van der Waals surface area contributed by atoms with Crippen LogP contribution in [0.5, 0.6) is 0 Å². The van der Waals surface area contributed by atoms with E-state index in [0.29, 0.717) is 5.56 Å². The summed E-state index contributed by atoms with van der Waals surface area (Å²) in [5.41, 5.74) is 0.372. The number of carbonyl (C=O) groups is 3. The molecular formula is C28H33ClFN5O6. The second-order valence-electron chi connectivity index (χ2n) is 9.59. The number of urea groups is 1. The number of aliphatic hydroxyl groups is 1. The standard InChI is InChI=1S/C28H33ClFN5O6/c1-34(2)15-25(37)40-17-22(36)12-21(35(3)27(38)32-14-20-9-6-10-23(30)26(20)29)16-41-28(39)33-24-11-18-7-4-5-8-19(18)13-31-24/h4-11,13,21-22,36H,12,14-17H2,1-3H3,(H,32,38)(H,31,33,39)/t21-,22?/m0/s1. The number of nitrogens with zero attached hydrogens (tertiary/aromatic N) is 3. The summed E-state index contributed by atoms with van der Waals surface area (Å²) >= 11 is 5.98. The van der Waals surface area contributed by atoms with Crippen LogP contribution in [0, 0.1) is 5.82 Å². The number of aliphatic hydroxyl groups excluding tert-OH is 1. The maximum Gasteiger partial charge on any atom is 0.412 e. The largest absolute Gasteiger partial charge is 0.462 e. The van der Waals surface area contributed by atoms with Crippen LogP contribution in [-0.2, 0) is 20.8 Å². The number of fused-ring (bicyclic) bond motifs is 1. The first-order valence-electron chi connectivity index (χ1n) is 12.7. The minimum Gasteiger partial charge on any atom is -0.462 e. The van der Waals surface area contributed by atoms with Gasteiger partial charge in [-0.05, 0) is 37.2 Å². The number of benzene rings is 2. The molecule has 2 aromatic carbocycles. The number of hydrogen-bond donors (Lipinski definition) is 3. The van der Waals surface area contributed by atoms with Crippen molar-refractivity contribution in [2.75, 3.05) is 46.2 Å². The number of amides is 3. The third-order valence-electron chi connectivity index (χ3n) is 6.02. The number of pyridine rings is 1. The molecule has 0 bridgehead atoms. The van der Waals surface area contributed by atoms with Crippen LogP contribution in [0.2, 0.25) is 5.02 Å². The molecule has 0 radical (unpaired) electrons. The molecule has 3 N–H and O–H groups in total. The Labute approximate surface area is 242 Å². The summed E-state index contributed by atoms with van der Waals surface area (Å²) in [6.07, 6.45) is -0.440. The molecule has 0 saturated heterocycles. The van der Waals surface area contributed by atoms with Gasteiger partial charge < -0.3 is 24.8 Å². The van der Waals surface area contributed by atoms with Crippen molar-refractivity contribution in [3.05, 3.63) is 71.1 Å². The number of rotatable bonds is 12. The van der Waals surface area contributed by atoms with Crippen LogP contribution < -0.4 is 10.6 Å². The molecule has 1 aromatic heterocycles. The minimum absolute atomic E-state index is 0.0349. The number of halogens is 2. The van der Waals surface area contributed by atoms with Crippen molar-refractivity contribution in [1.82, 2.24) is 20.1 Å². The molecule has 0 fully saturated rings. The van der Waals surface area contributed by atoms with Gasteiger partial charge in [-0.2, -0.15) is 0 Å². The summed E-state index contributed by atoms with van der Waals surface area (Å²) in [5.74, 6) is -0.866. The van der Waals surface area contributed by atoms with E-state index < -0.39 is 36.1 Å². The Balaban J connectivity index is 1.63. The molecule has 41 heavy (non-hydrogen) atoms. The van der Waals surface area contributed by atoms with Crippen molar-refractivity contribution in [2.45, 2.75) is 25.1 Å². The number of aromatic nitrogens is 1. The van der Waals surface area contributed by atoms with Crippen molar-refractivity contribution in [3.8, 4) is 0 Å². The van der Waals surface area contributed by atoms with Crippen LogP contribution >= 0.6 is 11.6 Å². The maximum absolute atomic E-state index is 13.8. The predicted molar refractivity (Wildman–Crippen MR) is 152 cm³/mol. The zero-order chi connectivity index (χ0) is 29.9. The van der Waals surface area contributed by atoms with E-state index in [0.717, 1.165) is 10.8 Å². The van der Waals surface area contributed by atoms with Crippen molar-refractivity contribution in [3.63, 3.8) is 0 Å². The van der Waals surface area contributed by atoms with Crippen LogP contribution in [0.1, 0.15) is 12.0 Å². The SMILES string of the molecule is CN(C)CC(=O)OCC(O)C[C@@H](COC(=O)Nc1cc2ccccc2cn1)N(C)C(=O)NCc1cccc(F)c1Cl. The molecule has 0 aliphatic carbocycles. The van der Waals surface area contributed by atoms with Crippen molar-refractivity contribution in [1.29, 1.82) is 0 Å². The third kappa shape index (κ3) is 9.85. The number of likely N-dealkylation sites (N-methyl/N-ethyl adjacent to an activating group) is 2. The average Bonchev–Trinajstić information content (AvgIpc) is 2.94.